The van der Waals surface area contributed by atoms with Crippen molar-refractivity contribution in [1.82, 2.24) is 0 Å². The molecule has 0 aromatic rings. The predicted molar refractivity (Wildman–Crippen MR) is 235 cm³/mol. The van der Waals surface area contributed by atoms with E-state index in [4.69, 9.17) is 0 Å². The molecule has 1 rings (SSSR count). The van der Waals surface area contributed by atoms with Crippen molar-refractivity contribution in [3.05, 3.63) is 0 Å². The van der Waals surface area contributed by atoms with E-state index in [9.17, 15) is 0 Å². The van der Waals surface area contributed by atoms with E-state index in [0.717, 1.165) is 1.45 Å². The van der Waals surface area contributed by atoms with Crippen molar-refractivity contribution in [2.24, 2.45) is 0 Å². The molecule has 1 aliphatic heterocycles. The third-order valence-corrected chi connectivity index (χ3v) is 243. The Kier molecular flexibility index (Phi) is 13.0. The quantitative estimate of drug-likeness (QED) is 0.176. The molecule has 0 aromatic carbocycles. The topological polar surface area (TPSA) is 0 Å². The molecule has 1 saturated heterocycles. The third-order valence-electron chi connectivity index (χ3n) is 10.9. The van der Waals surface area contributed by atoms with Crippen molar-refractivity contribution < 1.29 is 0 Å². The maximum absolute atomic E-state index is 3.22. The Balaban J connectivity index is 4.78. The minimum absolute atomic E-state index is 0.751. The van der Waals surface area contributed by atoms with Crippen LogP contribution < -0.4 is 0 Å². The van der Waals surface area contributed by atoms with Crippen molar-refractivity contribution in [2.75, 3.05) is 0 Å². The fourth-order valence-electron chi connectivity index (χ4n) is 13.1. The van der Waals surface area contributed by atoms with Crippen LogP contribution in [-0.4, -0.2) is 98.6 Å². The molecule has 0 N–H and O–H groups in total. The van der Waals surface area contributed by atoms with Gasteiger partial charge in [-0.25, -0.2) is 0 Å². The molecule has 0 amide bonds. The van der Waals surface area contributed by atoms with Crippen molar-refractivity contribution >= 4 is 105 Å². The fourth-order valence-corrected chi connectivity index (χ4v) is 477. The standard InChI is InChI=1S/4C7H19Si2.C3H6.S.2Sn/c4*1-8(2,3)7-9(4,5)6;1-3-2;;;/h4*7H,1-6H3;1-2H3;;;. The third kappa shape index (κ3) is 8.01. The molecular weight excluding hydrogens is 867 g/mol. The van der Waals surface area contributed by atoms with E-state index in [2.05, 4.69) is 177 Å². The zero-order valence-electron chi connectivity index (χ0n) is 34.2. The van der Waals surface area contributed by atoms with Crippen LogP contribution in [0.15, 0.2) is 0 Å². The normalized spacial score (nSPS) is 21.0. The van der Waals surface area contributed by atoms with Gasteiger partial charge in [0, 0.05) is 0 Å². The molecule has 0 aliphatic carbocycles. The second kappa shape index (κ2) is 12.5. The van der Waals surface area contributed by atoms with Crippen LogP contribution in [0.4, 0.5) is 0 Å². The van der Waals surface area contributed by atoms with Crippen LogP contribution in [0.2, 0.25) is 171 Å². The molecule has 0 spiro atoms. The molecule has 0 nitrogen and oxygen atoms in total. The molecule has 1 fully saturated rings. The summed E-state index contributed by atoms with van der Waals surface area (Å²) >= 11 is -5.96. The van der Waals surface area contributed by atoms with E-state index in [-0.39, 0.29) is 0 Å². The molecular formula is C31H82SSi8Sn2. The fraction of sp³-hybridized carbons (Fsp3) is 1.00. The summed E-state index contributed by atoms with van der Waals surface area (Å²) in [5, 5.41) is 0. The average molecular weight is 949 g/mol. The average Bonchev–Trinajstić information content (AvgIpc) is 2.50. The molecule has 0 saturated carbocycles. The van der Waals surface area contributed by atoms with E-state index in [1.54, 1.807) is 0 Å². The van der Waals surface area contributed by atoms with E-state index in [1.165, 1.54) is 12.7 Å². The Morgan fingerprint density at radius 1 is 0.310 bits per heavy atom. The van der Waals surface area contributed by atoms with Crippen molar-refractivity contribution in [1.29, 1.82) is 0 Å². The van der Waals surface area contributed by atoms with Gasteiger partial charge >= 0.3 is 290 Å². The number of rotatable bonds is 12. The van der Waals surface area contributed by atoms with E-state index >= 15 is 0 Å². The summed E-state index contributed by atoms with van der Waals surface area (Å²) in [5.74, 6) is 0. The van der Waals surface area contributed by atoms with Gasteiger partial charge in [0.15, 0.2) is 0 Å². The van der Waals surface area contributed by atoms with Gasteiger partial charge in [-0.05, 0) is 0 Å². The van der Waals surface area contributed by atoms with Crippen LogP contribution in [0.5, 0.6) is 0 Å². The summed E-state index contributed by atoms with van der Waals surface area (Å²) in [7, 11) is -11.2. The number of hydrogen-bond donors (Lipinski definition) is 0. The first-order chi connectivity index (χ1) is 17.7. The molecule has 252 valence electrons. The Hall–Kier alpha value is 3.68. The summed E-state index contributed by atoms with van der Waals surface area (Å²) in [4.78, 5) is 0. The molecule has 1 aliphatic rings. The van der Waals surface area contributed by atoms with Crippen LogP contribution in [0.3, 0.4) is 0 Å². The molecule has 0 atom stereocenters. The molecule has 42 heavy (non-hydrogen) atoms. The molecule has 0 aromatic heterocycles. The van der Waals surface area contributed by atoms with Gasteiger partial charge < -0.3 is 0 Å². The van der Waals surface area contributed by atoms with Gasteiger partial charge in [0.25, 0.3) is 0 Å². The zero-order chi connectivity index (χ0) is 34.5. The van der Waals surface area contributed by atoms with Crippen molar-refractivity contribution in [3.63, 3.8) is 0 Å². The summed E-state index contributed by atoms with van der Waals surface area (Å²) < 4.78 is 5.53. The van der Waals surface area contributed by atoms with Crippen LogP contribution in [0.25, 0.3) is 0 Å². The molecule has 0 unspecified atom stereocenters. The van der Waals surface area contributed by atoms with Gasteiger partial charge in [-0.3, -0.25) is 0 Å². The second-order valence-electron chi connectivity index (χ2n) is 24.0. The maximum atomic E-state index is 3.22. The molecule has 11 heteroatoms. The van der Waals surface area contributed by atoms with Gasteiger partial charge in [-0.15, -0.1) is 0 Å². The van der Waals surface area contributed by atoms with Gasteiger partial charge in [0.1, 0.15) is 0 Å². The summed E-state index contributed by atoms with van der Waals surface area (Å²) in [6, 6.07) is 0. The summed E-state index contributed by atoms with van der Waals surface area (Å²) in [5.41, 5.74) is 0. The first kappa shape index (κ1) is 43.7. The Morgan fingerprint density at radius 3 is 0.500 bits per heavy atom. The van der Waals surface area contributed by atoms with Gasteiger partial charge in [0.2, 0.25) is 0 Å². The SMILES string of the molecule is C[C]1(C)[Sn]([CH]([Si](C)(C)C)[Si](C)(C)C)([CH]([Si](C)(C)C)[Si](C)(C)C)[S][Sn]1([CH]([Si](C)(C)C)[Si](C)(C)C)[CH]([Si](C)(C)C)[Si](C)(C)C. The number of hydrogen-bond acceptors (Lipinski definition) is 1. The Morgan fingerprint density at radius 2 is 0.429 bits per heavy atom. The Labute approximate surface area is 286 Å². The van der Waals surface area contributed by atoms with Crippen LogP contribution >= 0.6 is 6.13 Å². The summed E-state index contributed by atoms with van der Waals surface area (Å²) in [6.07, 6.45) is 3.22. The summed E-state index contributed by atoms with van der Waals surface area (Å²) in [6.45, 7) is 75.2. The predicted octanol–water partition coefficient (Wildman–Crippen LogP) is 13.4. The molecule has 0 bridgehead atoms. The first-order valence-corrected chi connectivity index (χ1v) is 63.2. The van der Waals surface area contributed by atoms with E-state index in [1.807, 2.05) is 0 Å². The zero-order valence-corrected chi connectivity index (χ0v) is 48.7. The Bertz CT molecular complexity index is 763. The second-order valence-corrected chi connectivity index (χ2v) is 132. The van der Waals surface area contributed by atoms with Gasteiger partial charge in [-0.1, -0.05) is 0 Å². The first-order valence-electron chi connectivity index (χ1n) is 17.4. The van der Waals surface area contributed by atoms with Crippen LogP contribution in [0.1, 0.15) is 13.8 Å². The molecule has 1 heterocycles. The van der Waals surface area contributed by atoms with Crippen LogP contribution in [-0.2, 0) is 0 Å². The van der Waals surface area contributed by atoms with Gasteiger partial charge in [-0.2, -0.15) is 0 Å². The van der Waals surface area contributed by atoms with E-state index < -0.39 is 98.6 Å². The minimum atomic E-state index is -2.98. The monoisotopic (exact) mass is 950 g/mol. The van der Waals surface area contributed by atoms with Gasteiger partial charge in [0.05, 0.1) is 0 Å². The van der Waals surface area contributed by atoms with Crippen LogP contribution in [0, 0.1) is 0 Å². The van der Waals surface area contributed by atoms with Crippen molar-refractivity contribution in [3.8, 4) is 0 Å². The van der Waals surface area contributed by atoms with E-state index in [0.29, 0.717) is 0 Å². The van der Waals surface area contributed by atoms with Crippen molar-refractivity contribution in [2.45, 2.75) is 185 Å². The molecule has 0 radical (unpaired) electrons.